The average molecular weight is 513 g/mol. The van der Waals surface area contributed by atoms with Gasteiger partial charge in [0, 0.05) is 36.9 Å². The standard InChI is InChI=1S/C28H32N8O2/c1-18(2)36-17-31-27-24(36)15-23(33-28(27)38-3)22-7-9-29-25(32-22)13-19-5-6-21(16-30-19)35-12-8-20(14-26(35)37)34-10-4-11-34/h5-7,9,15-18,20H,4,8,10-14H2,1-3H3. The van der Waals surface area contributed by atoms with E-state index in [2.05, 4.69) is 43.3 Å². The van der Waals surface area contributed by atoms with Crippen LogP contribution in [0, 0.1) is 0 Å². The number of hydrogen-bond donors (Lipinski definition) is 0. The van der Waals surface area contributed by atoms with Crippen molar-refractivity contribution in [1.29, 1.82) is 0 Å². The van der Waals surface area contributed by atoms with Crippen LogP contribution in [-0.4, -0.2) is 73.1 Å². The van der Waals surface area contributed by atoms with Crippen LogP contribution in [0.3, 0.4) is 0 Å². The van der Waals surface area contributed by atoms with Gasteiger partial charge in [0.25, 0.3) is 0 Å². The largest absolute Gasteiger partial charge is 0.479 e. The van der Waals surface area contributed by atoms with Crippen molar-refractivity contribution in [2.45, 2.75) is 51.6 Å². The van der Waals surface area contributed by atoms with Gasteiger partial charge in [0.2, 0.25) is 11.8 Å². The topological polar surface area (TPSA) is 102 Å². The first-order valence-electron chi connectivity index (χ1n) is 13.2. The first kappa shape index (κ1) is 24.4. The maximum Gasteiger partial charge on any atom is 0.242 e. The van der Waals surface area contributed by atoms with E-state index in [0.29, 0.717) is 42.0 Å². The summed E-state index contributed by atoms with van der Waals surface area (Å²) in [4.78, 5) is 40.1. The molecule has 6 rings (SSSR count). The number of aromatic nitrogens is 6. The molecule has 4 aromatic rings. The molecule has 2 saturated heterocycles. The number of nitrogens with zero attached hydrogens (tertiary/aromatic N) is 8. The summed E-state index contributed by atoms with van der Waals surface area (Å²) < 4.78 is 7.62. The Morgan fingerprint density at radius 2 is 1.92 bits per heavy atom. The third-order valence-electron chi connectivity index (χ3n) is 7.51. The van der Waals surface area contributed by atoms with Crippen molar-refractivity contribution < 1.29 is 9.53 Å². The van der Waals surface area contributed by atoms with Crippen molar-refractivity contribution >= 4 is 22.6 Å². The van der Waals surface area contributed by atoms with Crippen LogP contribution < -0.4 is 9.64 Å². The zero-order valence-electron chi connectivity index (χ0n) is 22.0. The molecule has 4 aromatic heterocycles. The number of carbonyl (C=O) groups excluding carboxylic acids is 1. The Morgan fingerprint density at radius 1 is 1.05 bits per heavy atom. The Kier molecular flexibility index (Phi) is 6.49. The summed E-state index contributed by atoms with van der Waals surface area (Å²) in [5, 5.41) is 0. The number of anilines is 1. The minimum atomic E-state index is 0.178. The number of amides is 1. The molecule has 0 bridgehead atoms. The quantitative estimate of drug-likeness (QED) is 0.370. The Hall–Kier alpha value is -3.92. The Balaban J connectivity index is 1.19. The highest BCUT2D eigenvalue weighted by molar-refractivity contribution is 5.94. The minimum Gasteiger partial charge on any atom is -0.479 e. The molecule has 2 fully saturated rings. The SMILES string of the molecule is COc1nc(-c2ccnc(Cc3ccc(N4CCC(N5CCC5)CC4=O)cn3)n2)cc2c1ncn2C(C)C. The Morgan fingerprint density at radius 3 is 2.61 bits per heavy atom. The summed E-state index contributed by atoms with van der Waals surface area (Å²) in [6, 6.07) is 8.41. The van der Waals surface area contributed by atoms with Crippen LogP contribution in [0.2, 0.25) is 0 Å². The molecule has 2 aliphatic heterocycles. The number of rotatable bonds is 7. The fraction of sp³-hybridized carbons (Fsp3) is 0.429. The lowest BCUT2D eigenvalue weighted by Crippen LogP contribution is -2.52. The second-order valence-electron chi connectivity index (χ2n) is 10.3. The zero-order valence-corrected chi connectivity index (χ0v) is 22.0. The predicted molar refractivity (Wildman–Crippen MR) is 144 cm³/mol. The van der Waals surface area contributed by atoms with Gasteiger partial charge in [-0.15, -0.1) is 0 Å². The van der Waals surface area contributed by atoms with Crippen LogP contribution >= 0.6 is 0 Å². The summed E-state index contributed by atoms with van der Waals surface area (Å²) in [5.74, 6) is 1.29. The van der Waals surface area contributed by atoms with Gasteiger partial charge in [0.1, 0.15) is 5.82 Å². The number of methoxy groups -OCH3 is 1. The van der Waals surface area contributed by atoms with E-state index in [1.54, 1.807) is 19.5 Å². The fourth-order valence-electron chi connectivity index (χ4n) is 5.26. The van der Waals surface area contributed by atoms with Gasteiger partial charge in [-0.25, -0.2) is 19.9 Å². The highest BCUT2D eigenvalue weighted by Gasteiger charge is 2.32. The molecule has 10 heteroatoms. The highest BCUT2D eigenvalue weighted by atomic mass is 16.5. The monoisotopic (exact) mass is 512 g/mol. The van der Waals surface area contributed by atoms with E-state index >= 15 is 0 Å². The Labute approximate surface area is 221 Å². The van der Waals surface area contributed by atoms with Gasteiger partial charge in [0.05, 0.1) is 48.6 Å². The number of hydrogen-bond acceptors (Lipinski definition) is 8. The molecule has 6 heterocycles. The molecule has 1 atom stereocenters. The molecule has 0 radical (unpaired) electrons. The van der Waals surface area contributed by atoms with Gasteiger partial charge < -0.3 is 14.2 Å². The van der Waals surface area contributed by atoms with Crippen LogP contribution in [0.25, 0.3) is 22.4 Å². The van der Waals surface area contributed by atoms with Gasteiger partial charge in [0.15, 0.2) is 5.52 Å². The molecule has 0 N–H and O–H groups in total. The number of imidazole rings is 1. The highest BCUT2D eigenvalue weighted by Crippen LogP contribution is 2.30. The smallest absolute Gasteiger partial charge is 0.242 e. The van der Waals surface area contributed by atoms with Crippen molar-refractivity contribution in [3.8, 4) is 17.3 Å². The molecular formula is C28H32N8O2. The molecule has 0 saturated carbocycles. The molecule has 1 unspecified atom stereocenters. The molecule has 0 aromatic carbocycles. The lowest BCUT2D eigenvalue weighted by atomic mass is 9.99. The van der Waals surface area contributed by atoms with Crippen molar-refractivity contribution in [1.82, 2.24) is 34.4 Å². The third kappa shape index (κ3) is 4.60. The van der Waals surface area contributed by atoms with Crippen molar-refractivity contribution in [2.75, 3.05) is 31.6 Å². The number of fused-ring (bicyclic) bond motifs is 1. The normalized spacial score (nSPS) is 18.3. The van der Waals surface area contributed by atoms with Crippen LogP contribution in [0.4, 0.5) is 5.69 Å². The van der Waals surface area contributed by atoms with Crippen LogP contribution in [0.1, 0.15) is 50.7 Å². The molecule has 196 valence electrons. The molecule has 2 aliphatic rings. The molecule has 0 aliphatic carbocycles. The number of pyridine rings is 2. The summed E-state index contributed by atoms with van der Waals surface area (Å²) >= 11 is 0. The third-order valence-corrected chi connectivity index (χ3v) is 7.51. The molecule has 1 amide bonds. The van der Waals surface area contributed by atoms with E-state index in [-0.39, 0.29) is 11.9 Å². The number of likely N-dealkylation sites (tertiary alicyclic amines) is 1. The van der Waals surface area contributed by atoms with Gasteiger partial charge in [-0.1, -0.05) is 0 Å². The molecule has 10 nitrogen and oxygen atoms in total. The van der Waals surface area contributed by atoms with Crippen molar-refractivity contribution in [3.63, 3.8) is 0 Å². The van der Waals surface area contributed by atoms with Crippen LogP contribution in [0.5, 0.6) is 5.88 Å². The predicted octanol–water partition coefficient (Wildman–Crippen LogP) is 3.66. The van der Waals surface area contributed by atoms with Gasteiger partial charge in [-0.2, -0.15) is 0 Å². The first-order valence-corrected chi connectivity index (χ1v) is 13.2. The summed E-state index contributed by atoms with van der Waals surface area (Å²) in [6.45, 7) is 7.21. The van der Waals surface area contributed by atoms with E-state index in [1.165, 1.54) is 6.42 Å². The van der Waals surface area contributed by atoms with Gasteiger partial charge in [-0.05, 0) is 64.0 Å². The lowest BCUT2D eigenvalue weighted by Gasteiger charge is -2.42. The maximum absolute atomic E-state index is 12.8. The molecule has 38 heavy (non-hydrogen) atoms. The maximum atomic E-state index is 12.8. The second-order valence-corrected chi connectivity index (χ2v) is 10.3. The molecule has 0 spiro atoms. The number of ether oxygens (including phenoxy) is 1. The summed E-state index contributed by atoms with van der Waals surface area (Å²) in [6.07, 6.45) is 8.66. The summed E-state index contributed by atoms with van der Waals surface area (Å²) in [7, 11) is 1.60. The fourth-order valence-corrected chi connectivity index (χ4v) is 5.26. The number of carbonyl (C=O) groups is 1. The van der Waals surface area contributed by atoms with Gasteiger partial charge >= 0.3 is 0 Å². The first-order chi connectivity index (χ1) is 18.5. The number of piperidine rings is 1. The van der Waals surface area contributed by atoms with Crippen LogP contribution in [-0.2, 0) is 11.2 Å². The van der Waals surface area contributed by atoms with Gasteiger partial charge in [-0.3, -0.25) is 14.7 Å². The van der Waals surface area contributed by atoms with E-state index in [1.807, 2.05) is 35.5 Å². The van der Waals surface area contributed by atoms with E-state index in [4.69, 9.17) is 9.72 Å². The van der Waals surface area contributed by atoms with E-state index < -0.39 is 0 Å². The molecular weight excluding hydrogens is 480 g/mol. The van der Waals surface area contributed by atoms with Crippen molar-refractivity contribution in [3.05, 3.63) is 54.5 Å². The summed E-state index contributed by atoms with van der Waals surface area (Å²) in [5.41, 5.74) is 4.77. The zero-order chi connectivity index (χ0) is 26.2. The second kappa shape index (κ2) is 10.1. The minimum absolute atomic E-state index is 0.178. The lowest BCUT2D eigenvalue weighted by molar-refractivity contribution is -0.121. The van der Waals surface area contributed by atoms with Crippen molar-refractivity contribution in [2.24, 2.45) is 0 Å². The van der Waals surface area contributed by atoms with E-state index in [0.717, 1.165) is 48.5 Å². The van der Waals surface area contributed by atoms with E-state index in [9.17, 15) is 4.79 Å². The van der Waals surface area contributed by atoms with Crippen LogP contribution in [0.15, 0.2) is 43.0 Å². The Bertz CT molecular complexity index is 1460. The average Bonchev–Trinajstić information content (AvgIpc) is 3.33.